The van der Waals surface area contributed by atoms with Crippen LogP contribution >= 0.6 is 0 Å². The van der Waals surface area contributed by atoms with Crippen molar-refractivity contribution in [3.63, 3.8) is 0 Å². The molecule has 16 heavy (non-hydrogen) atoms. The molecule has 1 aromatic rings. The number of carbonyl (C=O) groups is 1. The highest BCUT2D eigenvalue weighted by molar-refractivity contribution is 5.73. The summed E-state index contributed by atoms with van der Waals surface area (Å²) in [6.45, 7) is 0.978. The van der Waals surface area contributed by atoms with Crippen LogP contribution in [0.25, 0.3) is 0 Å². The fourth-order valence-electron chi connectivity index (χ4n) is 1.84. The second kappa shape index (κ2) is 4.04. The Kier molecular flexibility index (Phi) is 2.73. The average Bonchev–Trinajstić information content (AvgIpc) is 2.62. The Morgan fingerprint density at radius 1 is 1.44 bits per heavy atom. The molecule has 1 aliphatic rings. The van der Waals surface area contributed by atoms with E-state index in [-0.39, 0.29) is 6.09 Å². The van der Waals surface area contributed by atoms with Crippen molar-refractivity contribution in [2.75, 3.05) is 32.6 Å². The van der Waals surface area contributed by atoms with Crippen molar-refractivity contribution >= 4 is 11.8 Å². The zero-order chi connectivity index (χ0) is 11.7. The molecule has 0 aromatic heterocycles. The summed E-state index contributed by atoms with van der Waals surface area (Å²) < 4.78 is 5.33. The smallest absolute Gasteiger partial charge is 0.410 e. The van der Waals surface area contributed by atoms with Crippen molar-refractivity contribution in [3.05, 3.63) is 23.8 Å². The van der Waals surface area contributed by atoms with Gasteiger partial charge in [-0.2, -0.15) is 0 Å². The van der Waals surface area contributed by atoms with Crippen LogP contribution in [0.15, 0.2) is 18.2 Å². The predicted molar refractivity (Wildman–Crippen MR) is 63.1 cm³/mol. The van der Waals surface area contributed by atoms with Crippen LogP contribution in [0, 0.1) is 0 Å². The second-order valence-electron chi connectivity index (χ2n) is 4.19. The molecule has 0 atom stereocenters. The Morgan fingerprint density at radius 3 is 2.88 bits per heavy atom. The van der Waals surface area contributed by atoms with E-state index in [2.05, 4.69) is 11.0 Å². The standard InChI is InChI=1S/C12H16N2O2/c1-13(2)12(15)16-11-6-4-5-10-9(11)7-8-14(10)3/h4-6H,7-8H2,1-3H3. The van der Waals surface area contributed by atoms with Crippen LogP contribution in [0.1, 0.15) is 5.56 Å². The lowest BCUT2D eigenvalue weighted by atomic mass is 10.1. The molecule has 0 saturated heterocycles. The van der Waals surface area contributed by atoms with Gasteiger partial charge in [0.25, 0.3) is 0 Å². The quantitative estimate of drug-likeness (QED) is 0.722. The number of benzene rings is 1. The fourth-order valence-corrected chi connectivity index (χ4v) is 1.84. The number of nitrogens with zero attached hydrogens (tertiary/aromatic N) is 2. The van der Waals surface area contributed by atoms with E-state index >= 15 is 0 Å². The number of anilines is 1. The number of carbonyl (C=O) groups excluding carboxylic acids is 1. The summed E-state index contributed by atoms with van der Waals surface area (Å²) in [6.07, 6.45) is 0.603. The minimum Gasteiger partial charge on any atom is -0.410 e. The summed E-state index contributed by atoms with van der Waals surface area (Å²) in [5, 5.41) is 0. The molecule has 1 heterocycles. The lowest BCUT2D eigenvalue weighted by molar-refractivity contribution is 0.171. The monoisotopic (exact) mass is 220 g/mol. The van der Waals surface area contributed by atoms with Crippen LogP contribution in [0.5, 0.6) is 5.75 Å². The number of amides is 1. The highest BCUT2D eigenvalue weighted by Gasteiger charge is 2.21. The molecule has 1 aromatic carbocycles. The third-order valence-electron chi connectivity index (χ3n) is 2.78. The maximum Gasteiger partial charge on any atom is 0.414 e. The first-order valence-electron chi connectivity index (χ1n) is 5.32. The van der Waals surface area contributed by atoms with Crippen molar-refractivity contribution in [3.8, 4) is 5.75 Å². The largest absolute Gasteiger partial charge is 0.414 e. The van der Waals surface area contributed by atoms with E-state index in [1.54, 1.807) is 14.1 Å². The van der Waals surface area contributed by atoms with E-state index in [1.165, 1.54) is 4.90 Å². The van der Waals surface area contributed by atoms with Crippen molar-refractivity contribution in [1.82, 2.24) is 4.90 Å². The molecule has 2 rings (SSSR count). The maximum atomic E-state index is 11.5. The van der Waals surface area contributed by atoms with E-state index in [0.29, 0.717) is 5.75 Å². The van der Waals surface area contributed by atoms with Crippen molar-refractivity contribution < 1.29 is 9.53 Å². The number of rotatable bonds is 1. The number of ether oxygens (including phenoxy) is 1. The molecular weight excluding hydrogens is 204 g/mol. The van der Waals surface area contributed by atoms with Gasteiger partial charge in [0.2, 0.25) is 0 Å². The lowest BCUT2D eigenvalue weighted by Gasteiger charge is -2.14. The van der Waals surface area contributed by atoms with Crippen LogP contribution < -0.4 is 9.64 Å². The SMILES string of the molecule is CN(C)C(=O)Oc1cccc2c1CCN2C. The average molecular weight is 220 g/mol. The Hall–Kier alpha value is -1.71. The zero-order valence-corrected chi connectivity index (χ0v) is 9.86. The molecule has 4 nitrogen and oxygen atoms in total. The van der Waals surface area contributed by atoms with Gasteiger partial charge in [0.05, 0.1) is 0 Å². The van der Waals surface area contributed by atoms with Gasteiger partial charge in [-0.05, 0) is 18.6 Å². The molecule has 0 bridgehead atoms. The first-order valence-corrected chi connectivity index (χ1v) is 5.32. The molecule has 0 fully saturated rings. The minimum atomic E-state index is -0.331. The van der Waals surface area contributed by atoms with E-state index < -0.39 is 0 Å². The van der Waals surface area contributed by atoms with Crippen LogP contribution in [-0.2, 0) is 6.42 Å². The molecule has 0 spiro atoms. The fraction of sp³-hybridized carbons (Fsp3) is 0.417. The van der Waals surface area contributed by atoms with E-state index in [1.807, 2.05) is 19.2 Å². The van der Waals surface area contributed by atoms with E-state index in [4.69, 9.17) is 4.74 Å². The van der Waals surface area contributed by atoms with Gasteiger partial charge in [-0.25, -0.2) is 4.79 Å². The van der Waals surface area contributed by atoms with Gasteiger partial charge in [-0.3, -0.25) is 0 Å². The molecule has 0 N–H and O–H groups in total. The van der Waals surface area contributed by atoms with Crippen LogP contribution in [-0.4, -0.2) is 38.7 Å². The van der Waals surface area contributed by atoms with Gasteiger partial charge in [-0.15, -0.1) is 0 Å². The first kappa shape index (κ1) is 10.8. The molecule has 0 saturated carbocycles. The zero-order valence-electron chi connectivity index (χ0n) is 9.86. The van der Waals surface area contributed by atoms with Crippen molar-refractivity contribution in [2.45, 2.75) is 6.42 Å². The third kappa shape index (κ3) is 1.83. The summed E-state index contributed by atoms with van der Waals surface area (Å²) in [5.41, 5.74) is 2.28. The Morgan fingerprint density at radius 2 is 2.19 bits per heavy atom. The molecule has 1 aliphatic heterocycles. The predicted octanol–water partition coefficient (Wildman–Crippen LogP) is 1.74. The first-order chi connectivity index (χ1) is 7.59. The molecule has 0 aliphatic carbocycles. The van der Waals surface area contributed by atoms with Gasteiger partial charge in [-0.1, -0.05) is 6.07 Å². The van der Waals surface area contributed by atoms with Crippen molar-refractivity contribution in [2.24, 2.45) is 0 Å². The molecule has 0 radical (unpaired) electrons. The van der Waals surface area contributed by atoms with Crippen LogP contribution in [0.4, 0.5) is 10.5 Å². The van der Waals surface area contributed by atoms with Crippen LogP contribution in [0.3, 0.4) is 0 Å². The molecular formula is C12H16N2O2. The maximum absolute atomic E-state index is 11.5. The normalized spacial score (nSPS) is 13.6. The number of hydrogen-bond acceptors (Lipinski definition) is 3. The molecule has 1 amide bonds. The molecule has 0 unspecified atom stereocenters. The minimum absolute atomic E-state index is 0.331. The Balaban J connectivity index is 2.26. The highest BCUT2D eigenvalue weighted by atomic mass is 16.6. The summed E-state index contributed by atoms with van der Waals surface area (Å²) >= 11 is 0. The molecule has 4 heteroatoms. The summed E-state index contributed by atoms with van der Waals surface area (Å²) in [5.74, 6) is 0.681. The number of likely N-dealkylation sites (N-methyl/N-ethyl adjacent to an activating group) is 1. The molecule has 86 valence electrons. The van der Waals surface area contributed by atoms with Gasteiger partial charge in [0.15, 0.2) is 0 Å². The van der Waals surface area contributed by atoms with E-state index in [9.17, 15) is 4.79 Å². The van der Waals surface area contributed by atoms with Gasteiger partial charge in [0.1, 0.15) is 5.75 Å². The third-order valence-corrected chi connectivity index (χ3v) is 2.78. The summed E-state index contributed by atoms with van der Waals surface area (Å²) in [7, 11) is 5.40. The summed E-state index contributed by atoms with van der Waals surface area (Å²) in [4.78, 5) is 15.1. The van der Waals surface area contributed by atoms with Gasteiger partial charge >= 0.3 is 6.09 Å². The van der Waals surface area contributed by atoms with Gasteiger partial charge in [0, 0.05) is 38.9 Å². The summed E-state index contributed by atoms with van der Waals surface area (Å²) in [6, 6.07) is 5.81. The highest BCUT2D eigenvalue weighted by Crippen LogP contribution is 2.34. The van der Waals surface area contributed by atoms with Crippen LogP contribution in [0.2, 0.25) is 0 Å². The lowest BCUT2D eigenvalue weighted by Crippen LogP contribution is -2.25. The number of hydrogen-bond donors (Lipinski definition) is 0. The topological polar surface area (TPSA) is 32.8 Å². The van der Waals surface area contributed by atoms with E-state index in [0.717, 1.165) is 24.2 Å². The van der Waals surface area contributed by atoms with Crippen molar-refractivity contribution in [1.29, 1.82) is 0 Å². The Labute approximate surface area is 95.4 Å². The second-order valence-corrected chi connectivity index (χ2v) is 4.19. The number of fused-ring (bicyclic) bond motifs is 1. The Bertz CT molecular complexity index is 415. The van der Waals surface area contributed by atoms with Gasteiger partial charge < -0.3 is 14.5 Å².